The molecule has 14 heavy (non-hydrogen) atoms. The van der Waals surface area contributed by atoms with Crippen molar-refractivity contribution in [3.05, 3.63) is 34.1 Å². The zero-order valence-corrected chi connectivity index (χ0v) is 8.14. The van der Waals surface area contributed by atoms with E-state index in [-0.39, 0.29) is 10.6 Å². The van der Waals surface area contributed by atoms with Gasteiger partial charge in [-0.3, -0.25) is 0 Å². The molecule has 0 radical (unpaired) electrons. The smallest absolute Gasteiger partial charge is 0.206 e. The zero-order chi connectivity index (χ0) is 10.9. The first-order valence-corrected chi connectivity index (χ1v) is 4.39. The van der Waals surface area contributed by atoms with Crippen molar-refractivity contribution in [2.75, 3.05) is 0 Å². The van der Waals surface area contributed by atoms with Crippen LogP contribution in [0.3, 0.4) is 0 Å². The second kappa shape index (κ2) is 3.95. The monoisotopic (exact) mass is 246 g/mol. The normalized spacial score (nSPS) is 11.9. The number of benzene rings is 1. The molecule has 0 aromatic heterocycles. The van der Waals surface area contributed by atoms with E-state index in [1.165, 1.54) is 0 Å². The molecular weight excluding hydrogens is 243 g/mol. The second-order valence-electron chi connectivity index (χ2n) is 2.52. The molecule has 0 unspecified atom stereocenters. The summed E-state index contributed by atoms with van der Waals surface area (Å²) < 4.78 is 49.7. The molecule has 0 N–H and O–H groups in total. The minimum Gasteiger partial charge on any atom is -0.206 e. The molecule has 6 heteroatoms. The standard InChI is InChI=1S/C8H4Cl2F4/c9-3-4-6(10)2-1-5(7(4)11)8(12,13)14/h1-2H,3H2. The fourth-order valence-corrected chi connectivity index (χ4v) is 1.48. The van der Waals surface area contributed by atoms with Crippen molar-refractivity contribution in [3.8, 4) is 0 Å². The maximum absolute atomic E-state index is 13.1. The molecule has 0 heterocycles. The summed E-state index contributed by atoms with van der Waals surface area (Å²) in [5.41, 5.74) is -1.68. The van der Waals surface area contributed by atoms with E-state index in [2.05, 4.69) is 0 Å². The van der Waals surface area contributed by atoms with Gasteiger partial charge in [0.1, 0.15) is 5.82 Å². The first-order chi connectivity index (χ1) is 6.38. The average Bonchev–Trinajstić information content (AvgIpc) is 2.02. The van der Waals surface area contributed by atoms with E-state index >= 15 is 0 Å². The third kappa shape index (κ3) is 2.12. The lowest BCUT2D eigenvalue weighted by Crippen LogP contribution is -2.09. The molecule has 78 valence electrons. The second-order valence-corrected chi connectivity index (χ2v) is 3.19. The number of rotatable bonds is 1. The first-order valence-electron chi connectivity index (χ1n) is 3.48. The zero-order valence-electron chi connectivity index (χ0n) is 6.63. The number of hydrogen-bond acceptors (Lipinski definition) is 0. The SMILES string of the molecule is Fc1c(C(F)(F)F)ccc(Cl)c1CCl. The lowest BCUT2D eigenvalue weighted by atomic mass is 10.1. The van der Waals surface area contributed by atoms with Crippen LogP contribution in [-0.4, -0.2) is 0 Å². The largest absolute Gasteiger partial charge is 0.419 e. The summed E-state index contributed by atoms with van der Waals surface area (Å²) in [4.78, 5) is 0. The van der Waals surface area contributed by atoms with Gasteiger partial charge in [0, 0.05) is 10.6 Å². The van der Waals surface area contributed by atoms with Crippen LogP contribution in [0.4, 0.5) is 17.6 Å². The van der Waals surface area contributed by atoms with Crippen LogP contribution in [0.15, 0.2) is 12.1 Å². The molecule has 0 aliphatic rings. The summed E-state index contributed by atoms with van der Waals surface area (Å²) in [5.74, 6) is -1.80. The molecule has 0 aliphatic carbocycles. The fraction of sp³-hybridized carbons (Fsp3) is 0.250. The molecule has 0 fully saturated rings. The molecule has 0 saturated heterocycles. The lowest BCUT2D eigenvalue weighted by molar-refractivity contribution is -0.140. The molecule has 1 aromatic rings. The Balaban J connectivity index is 3.36. The molecule has 0 atom stereocenters. The first kappa shape index (κ1) is 11.6. The van der Waals surface area contributed by atoms with Crippen LogP contribution in [0.2, 0.25) is 5.02 Å². The van der Waals surface area contributed by atoms with Crippen molar-refractivity contribution in [3.63, 3.8) is 0 Å². The number of alkyl halides is 4. The Morgan fingerprint density at radius 3 is 2.21 bits per heavy atom. The Morgan fingerprint density at radius 2 is 1.79 bits per heavy atom. The Bertz CT molecular complexity index is 346. The molecule has 1 rings (SSSR count). The van der Waals surface area contributed by atoms with E-state index < -0.39 is 23.4 Å². The molecule has 0 saturated carbocycles. The quantitative estimate of drug-likeness (QED) is 0.514. The highest BCUT2D eigenvalue weighted by molar-refractivity contribution is 6.32. The molecule has 0 amide bonds. The topological polar surface area (TPSA) is 0 Å². The van der Waals surface area contributed by atoms with E-state index in [1.54, 1.807) is 0 Å². The van der Waals surface area contributed by atoms with Gasteiger partial charge in [-0.05, 0) is 12.1 Å². The predicted molar refractivity (Wildman–Crippen MR) is 46.0 cm³/mol. The van der Waals surface area contributed by atoms with Crippen LogP contribution >= 0.6 is 23.2 Å². The van der Waals surface area contributed by atoms with Gasteiger partial charge < -0.3 is 0 Å². The summed E-state index contributed by atoms with van der Waals surface area (Å²) in [6.07, 6.45) is -4.73. The van der Waals surface area contributed by atoms with Crippen molar-refractivity contribution >= 4 is 23.2 Å². The van der Waals surface area contributed by atoms with Gasteiger partial charge >= 0.3 is 6.18 Å². The Morgan fingerprint density at radius 1 is 1.21 bits per heavy atom. The highest BCUT2D eigenvalue weighted by Crippen LogP contribution is 2.35. The van der Waals surface area contributed by atoms with Gasteiger partial charge in [-0.1, -0.05) is 11.6 Å². The maximum Gasteiger partial charge on any atom is 0.419 e. The van der Waals surface area contributed by atoms with Crippen LogP contribution in [0.5, 0.6) is 0 Å². The van der Waals surface area contributed by atoms with Crippen LogP contribution in [-0.2, 0) is 12.1 Å². The molecular formula is C8H4Cl2F4. The fourth-order valence-electron chi connectivity index (χ4n) is 0.939. The molecule has 1 aromatic carbocycles. The third-order valence-corrected chi connectivity index (χ3v) is 2.25. The van der Waals surface area contributed by atoms with E-state index in [0.29, 0.717) is 6.07 Å². The summed E-state index contributed by atoms with van der Waals surface area (Å²) in [5, 5.41) is -0.106. The molecule has 0 nitrogen and oxygen atoms in total. The van der Waals surface area contributed by atoms with Gasteiger partial charge in [0.2, 0.25) is 0 Å². The highest BCUT2D eigenvalue weighted by atomic mass is 35.5. The van der Waals surface area contributed by atoms with Crippen molar-refractivity contribution in [1.29, 1.82) is 0 Å². The van der Waals surface area contributed by atoms with E-state index in [4.69, 9.17) is 23.2 Å². The third-order valence-electron chi connectivity index (χ3n) is 1.63. The van der Waals surface area contributed by atoms with Crippen molar-refractivity contribution in [2.24, 2.45) is 0 Å². The number of hydrogen-bond donors (Lipinski definition) is 0. The Labute approximate surface area is 87.4 Å². The van der Waals surface area contributed by atoms with Gasteiger partial charge in [-0.25, -0.2) is 4.39 Å². The van der Waals surface area contributed by atoms with Gasteiger partial charge in [0.25, 0.3) is 0 Å². The van der Waals surface area contributed by atoms with Crippen molar-refractivity contribution in [1.82, 2.24) is 0 Å². The summed E-state index contributed by atoms with van der Waals surface area (Å²) >= 11 is 10.7. The van der Waals surface area contributed by atoms with Crippen molar-refractivity contribution < 1.29 is 17.6 Å². The minimum absolute atomic E-state index is 0.106. The molecule has 0 spiro atoms. The number of halogens is 6. The maximum atomic E-state index is 13.1. The lowest BCUT2D eigenvalue weighted by Gasteiger charge is -2.10. The van der Waals surface area contributed by atoms with E-state index in [0.717, 1.165) is 6.07 Å². The summed E-state index contributed by atoms with van der Waals surface area (Å²) in [6.45, 7) is 0. The highest BCUT2D eigenvalue weighted by Gasteiger charge is 2.35. The average molecular weight is 247 g/mol. The minimum atomic E-state index is -4.73. The summed E-state index contributed by atoms with van der Waals surface area (Å²) in [7, 11) is 0. The van der Waals surface area contributed by atoms with Gasteiger partial charge in [0.15, 0.2) is 0 Å². The van der Waals surface area contributed by atoms with Crippen LogP contribution in [0.1, 0.15) is 11.1 Å². The van der Waals surface area contributed by atoms with Crippen molar-refractivity contribution in [2.45, 2.75) is 12.1 Å². The predicted octanol–water partition coefficient (Wildman–Crippen LogP) is 4.24. The Kier molecular flexibility index (Phi) is 3.27. The molecule has 0 bridgehead atoms. The van der Waals surface area contributed by atoms with Gasteiger partial charge in [-0.15, -0.1) is 11.6 Å². The molecule has 0 aliphatic heterocycles. The Hall–Kier alpha value is -0.480. The van der Waals surface area contributed by atoms with Crippen LogP contribution in [0.25, 0.3) is 0 Å². The van der Waals surface area contributed by atoms with E-state index in [9.17, 15) is 17.6 Å². The van der Waals surface area contributed by atoms with E-state index in [1.807, 2.05) is 0 Å². The van der Waals surface area contributed by atoms with Gasteiger partial charge in [0.05, 0.1) is 11.4 Å². The summed E-state index contributed by atoms with van der Waals surface area (Å²) in [6, 6.07) is 1.57. The van der Waals surface area contributed by atoms with Crippen LogP contribution in [0, 0.1) is 5.82 Å². The van der Waals surface area contributed by atoms with Crippen LogP contribution < -0.4 is 0 Å². The van der Waals surface area contributed by atoms with Gasteiger partial charge in [-0.2, -0.15) is 13.2 Å².